The SMILES string of the molecule is FC(F)CN1CCC(NCC2(N3CCSCC3)CCCC2)CC1. The Balaban J connectivity index is 1.46. The summed E-state index contributed by atoms with van der Waals surface area (Å²) < 4.78 is 24.9. The highest BCUT2D eigenvalue weighted by atomic mass is 32.2. The molecular weight excluding hydrogens is 316 g/mol. The van der Waals surface area contributed by atoms with E-state index in [1.54, 1.807) is 0 Å². The van der Waals surface area contributed by atoms with E-state index < -0.39 is 6.43 Å². The maximum Gasteiger partial charge on any atom is 0.251 e. The normalized spacial score (nSPS) is 27.8. The minimum Gasteiger partial charge on any atom is -0.312 e. The Bertz CT molecular complexity index is 350. The van der Waals surface area contributed by atoms with E-state index in [1.165, 1.54) is 50.3 Å². The molecule has 0 aromatic carbocycles. The Hall–Kier alpha value is 0.0900. The molecule has 0 atom stereocenters. The topological polar surface area (TPSA) is 18.5 Å². The fourth-order valence-electron chi connectivity index (χ4n) is 4.52. The first kappa shape index (κ1) is 17.9. The summed E-state index contributed by atoms with van der Waals surface area (Å²) in [6.07, 6.45) is 5.20. The van der Waals surface area contributed by atoms with E-state index in [0.717, 1.165) is 32.5 Å². The molecule has 1 aliphatic carbocycles. The highest BCUT2D eigenvalue weighted by molar-refractivity contribution is 7.99. The van der Waals surface area contributed by atoms with Gasteiger partial charge in [-0.15, -0.1) is 0 Å². The van der Waals surface area contributed by atoms with Gasteiger partial charge in [0.2, 0.25) is 0 Å². The molecule has 0 spiro atoms. The first-order chi connectivity index (χ1) is 11.2. The Morgan fingerprint density at radius 2 is 1.70 bits per heavy atom. The van der Waals surface area contributed by atoms with E-state index in [1.807, 2.05) is 4.90 Å². The number of halogens is 2. The lowest BCUT2D eigenvalue weighted by atomic mass is 9.93. The second-order valence-corrected chi connectivity index (χ2v) is 8.60. The van der Waals surface area contributed by atoms with Gasteiger partial charge in [-0.1, -0.05) is 12.8 Å². The molecule has 0 radical (unpaired) electrons. The van der Waals surface area contributed by atoms with Crippen molar-refractivity contribution in [3.8, 4) is 0 Å². The molecule has 1 saturated carbocycles. The van der Waals surface area contributed by atoms with Gasteiger partial charge in [-0.3, -0.25) is 9.80 Å². The number of alkyl halides is 2. The molecule has 23 heavy (non-hydrogen) atoms. The fraction of sp³-hybridized carbons (Fsp3) is 1.00. The number of nitrogens with one attached hydrogen (secondary N) is 1. The van der Waals surface area contributed by atoms with Crippen LogP contribution in [-0.4, -0.2) is 78.6 Å². The number of rotatable bonds is 6. The van der Waals surface area contributed by atoms with Gasteiger partial charge < -0.3 is 5.32 Å². The largest absolute Gasteiger partial charge is 0.312 e. The summed E-state index contributed by atoms with van der Waals surface area (Å²) in [6, 6.07) is 0.514. The summed E-state index contributed by atoms with van der Waals surface area (Å²) in [7, 11) is 0. The van der Waals surface area contributed by atoms with Crippen LogP contribution >= 0.6 is 11.8 Å². The Morgan fingerprint density at radius 1 is 1.04 bits per heavy atom. The van der Waals surface area contributed by atoms with Gasteiger partial charge in [0.05, 0.1) is 6.54 Å². The van der Waals surface area contributed by atoms with E-state index in [-0.39, 0.29) is 6.54 Å². The smallest absolute Gasteiger partial charge is 0.251 e. The van der Waals surface area contributed by atoms with Gasteiger partial charge >= 0.3 is 0 Å². The van der Waals surface area contributed by atoms with E-state index >= 15 is 0 Å². The van der Waals surface area contributed by atoms with Crippen LogP contribution in [0.15, 0.2) is 0 Å². The lowest BCUT2D eigenvalue weighted by Crippen LogP contribution is -2.57. The molecule has 1 N–H and O–H groups in total. The van der Waals surface area contributed by atoms with Gasteiger partial charge in [0, 0.05) is 42.7 Å². The van der Waals surface area contributed by atoms with Crippen molar-refractivity contribution in [2.75, 3.05) is 50.8 Å². The van der Waals surface area contributed by atoms with Crippen LogP contribution in [0.1, 0.15) is 38.5 Å². The van der Waals surface area contributed by atoms with Crippen molar-refractivity contribution in [1.82, 2.24) is 15.1 Å². The van der Waals surface area contributed by atoms with Crippen molar-refractivity contribution in [1.29, 1.82) is 0 Å². The number of piperidine rings is 1. The lowest BCUT2D eigenvalue weighted by Gasteiger charge is -2.45. The van der Waals surface area contributed by atoms with Crippen molar-refractivity contribution < 1.29 is 8.78 Å². The number of hydrogen-bond acceptors (Lipinski definition) is 4. The maximum atomic E-state index is 12.5. The second kappa shape index (κ2) is 8.45. The minimum absolute atomic E-state index is 0.0535. The Morgan fingerprint density at radius 3 is 2.30 bits per heavy atom. The molecule has 0 aromatic heterocycles. The van der Waals surface area contributed by atoms with Gasteiger partial charge in [0.25, 0.3) is 6.43 Å². The summed E-state index contributed by atoms with van der Waals surface area (Å²) in [4.78, 5) is 4.66. The molecule has 0 amide bonds. The average molecular weight is 348 g/mol. The van der Waals surface area contributed by atoms with Crippen LogP contribution < -0.4 is 5.32 Å². The van der Waals surface area contributed by atoms with E-state index in [9.17, 15) is 8.78 Å². The quantitative estimate of drug-likeness (QED) is 0.796. The maximum absolute atomic E-state index is 12.5. The molecule has 3 rings (SSSR count). The van der Waals surface area contributed by atoms with Crippen LogP contribution in [0.5, 0.6) is 0 Å². The Kier molecular flexibility index (Phi) is 6.58. The van der Waals surface area contributed by atoms with E-state index in [0.29, 0.717) is 11.6 Å². The summed E-state index contributed by atoms with van der Waals surface area (Å²) in [5, 5.41) is 3.81. The van der Waals surface area contributed by atoms with Crippen LogP contribution in [0.4, 0.5) is 8.78 Å². The summed E-state index contributed by atoms with van der Waals surface area (Å²) in [5.74, 6) is 2.54. The monoisotopic (exact) mass is 347 g/mol. The third kappa shape index (κ3) is 4.80. The fourth-order valence-corrected chi connectivity index (χ4v) is 5.43. The average Bonchev–Trinajstić information content (AvgIpc) is 3.05. The number of thioether (sulfide) groups is 1. The van der Waals surface area contributed by atoms with Gasteiger partial charge in [-0.05, 0) is 38.8 Å². The molecule has 6 heteroatoms. The molecular formula is C17H31F2N3S. The van der Waals surface area contributed by atoms with Crippen molar-refractivity contribution >= 4 is 11.8 Å². The summed E-state index contributed by atoms with van der Waals surface area (Å²) in [5.41, 5.74) is 0.376. The second-order valence-electron chi connectivity index (χ2n) is 7.38. The summed E-state index contributed by atoms with van der Waals surface area (Å²) in [6.45, 7) is 5.14. The number of hydrogen-bond donors (Lipinski definition) is 1. The Labute approximate surface area is 143 Å². The third-order valence-corrected chi connectivity index (χ3v) is 6.86. The first-order valence-electron chi connectivity index (χ1n) is 9.25. The zero-order valence-corrected chi connectivity index (χ0v) is 14.9. The molecule has 3 nitrogen and oxygen atoms in total. The molecule has 0 unspecified atom stereocenters. The predicted octanol–water partition coefficient (Wildman–Crippen LogP) is 2.67. The zero-order chi connectivity index (χ0) is 16.1. The van der Waals surface area contributed by atoms with Gasteiger partial charge in [0.15, 0.2) is 0 Å². The van der Waals surface area contributed by atoms with Crippen molar-refractivity contribution in [3.05, 3.63) is 0 Å². The molecule has 2 saturated heterocycles. The van der Waals surface area contributed by atoms with Crippen LogP contribution in [0.2, 0.25) is 0 Å². The predicted molar refractivity (Wildman–Crippen MR) is 93.6 cm³/mol. The van der Waals surface area contributed by atoms with Crippen molar-refractivity contribution in [3.63, 3.8) is 0 Å². The number of nitrogens with zero attached hydrogens (tertiary/aromatic N) is 2. The van der Waals surface area contributed by atoms with Gasteiger partial charge in [0.1, 0.15) is 0 Å². The molecule has 2 aliphatic heterocycles. The molecule has 3 fully saturated rings. The van der Waals surface area contributed by atoms with Crippen molar-refractivity contribution in [2.45, 2.75) is 56.5 Å². The molecule has 0 bridgehead atoms. The van der Waals surface area contributed by atoms with Crippen LogP contribution in [0, 0.1) is 0 Å². The molecule has 3 aliphatic rings. The van der Waals surface area contributed by atoms with Gasteiger partial charge in [-0.2, -0.15) is 11.8 Å². The highest BCUT2D eigenvalue weighted by Crippen LogP contribution is 2.36. The van der Waals surface area contributed by atoms with E-state index in [4.69, 9.17) is 0 Å². The molecule has 2 heterocycles. The van der Waals surface area contributed by atoms with Crippen LogP contribution in [-0.2, 0) is 0 Å². The molecule has 0 aromatic rings. The molecule has 134 valence electrons. The van der Waals surface area contributed by atoms with Crippen LogP contribution in [0.25, 0.3) is 0 Å². The first-order valence-corrected chi connectivity index (χ1v) is 10.4. The summed E-state index contributed by atoms with van der Waals surface area (Å²) >= 11 is 2.08. The zero-order valence-electron chi connectivity index (χ0n) is 14.1. The van der Waals surface area contributed by atoms with Gasteiger partial charge in [-0.25, -0.2) is 8.78 Å². The van der Waals surface area contributed by atoms with E-state index in [2.05, 4.69) is 22.0 Å². The number of likely N-dealkylation sites (tertiary alicyclic amines) is 1. The lowest BCUT2D eigenvalue weighted by molar-refractivity contribution is 0.0667. The highest BCUT2D eigenvalue weighted by Gasteiger charge is 2.40. The minimum atomic E-state index is -2.20. The van der Waals surface area contributed by atoms with Crippen LogP contribution in [0.3, 0.4) is 0 Å². The van der Waals surface area contributed by atoms with Crippen molar-refractivity contribution in [2.24, 2.45) is 0 Å². The standard InChI is InChI=1S/C17H31F2N3S/c18-16(19)13-21-7-3-15(4-8-21)20-14-17(5-1-2-6-17)22-9-11-23-12-10-22/h15-16,20H,1-14H2. The third-order valence-electron chi connectivity index (χ3n) is 5.92.